The van der Waals surface area contributed by atoms with Crippen molar-refractivity contribution in [1.29, 1.82) is 0 Å². The molecular formula is C10H18N6O. The average molecular weight is 238 g/mol. The van der Waals surface area contributed by atoms with Crippen LogP contribution < -0.4 is 15.0 Å². The third-order valence-electron chi connectivity index (χ3n) is 2.80. The summed E-state index contributed by atoms with van der Waals surface area (Å²) >= 11 is 0. The Morgan fingerprint density at radius 1 is 1.12 bits per heavy atom. The predicted molar refractivity (Wildman–Crippen MR) is 65.6 cm³/mol. The summed E-state index contributed by atoms with van der Waals surface area (Å²) in [6.07, 6.45) is 0. The van der Waals surface area contributed by atoms with Gasteiger partial charge in [-0.1, -0.05) is 0 Å². The Hall–Kier alpha value is -1.63. The fraction of sp³-hybridized carbons (Fsp3) is 0.700. The van der Waals surface area contributed by atoms with Crippen molar-refractivity contribution in [3.8, 4) is 6.01 Å². The van der Waals surface area contributed by atoms with Gasteiger partial charge < -0.3 is 19.9 Å². The van der Waals surface area contributed by atoms with E-state index in [4.69, 9.17) is 4.74 Å². The van der Waals surface area contributed by atoms with E-state index in [1.54, 1.807) is 14.2 Å². The van der Waals surface area contributed by atoms with Crippen molar-refractivity contribution in [1.82, 2.24) is 19.9 Å². The number of hydrogen-bond donors (Lipinski definition) is 1. The summed E-state index contributed by atoms with van der Waals surface area (Å²) in [5.74, 6) is 1.21. The van der Waals surface area contributed by atoms with Gasteiger partial charge in [0.1, 0.15) is 0 Å². The lowest BCUT2D eigenvalue weighted by Gasteiger charge is -2.32. The van der Waals surface area contributed by atoms with Crippen molar-refractivity contribution in [2.45, 2.75) is 0 Å². The Kier molecular flexibility index (Phi) is 3.58. The van der Waals surface area contributed by atoms with E-state index in [-0.39, 0.29) is 0 Å². The third-order valence-corrected chi connectivity index (χ3v) is 2.80. The molecule has 94 valence electrons. The predicted octanol–water partition coefficient (Wildman–Crippen LogP) is -0.326. The highest BCUT2D eigenvalue weighted by atomic mass is 16.5. The summed E-state index contributed by atoms with van der Waals surface area (Å²) in [7, 11) is 5.45. The summed E-state index contributed by atoms with van der Waals surface area (Å²) in [5, 5.41) is 2.91. The fourth-order valence-corrected chi connectivity index (χ4v) is 1.70. The molecule has 1 aliphatic heterocycles. The Morgan fingerprint density at radius 3 is 2.41 bits per heavy atom. The maximum atomic E-state index is 5.07. The van der Waals surface area contributed by atoms with Gasteiger partial charge in [-0.05, 0) is 7.05 Å². The molecule has 17 heavy (non-hydrogen) atoms. The van der Waals surface area contributed by atoms with Crippen molar-refractivity contribution < 1.29 is 4.74 Å². The molecule has 7 heteroatoms. The normalized spacial score (nSPS) is 17.0. The molecule has 2 heterocycles. The highest BCUT2D eigenvalue weighted by Gasteiger charge is 2.18. The van der Waals surface area contributed by atoms with E-state index in [9.17, 15) is 0 Å². The molecule has 0 saturated carbocycles. The molecule has 1 aromatic heterocycles. The van der Waals surface area contributed by atoms with Gasteiger partial charge in [0.15, 0.2) is 0 Å². The number of rotatable bonds is 3. The highest BCUT2D eigenvalue weighted by Crippen LogP contribution is 2.15. The van der Waals surface area contributed by atoms with Crippen molar-refractivity contribution in [3.63, 3.8) is 0 Å². The van der Waals surface area contributed by atoms with Gasteiger partial charge in [0, 0.05) is 33.2 Å². The first-order chi connectivity index (χ1) is 8.22. The van der Waals surface area contributed by atoms with Crippen molar-refractivity contribution in [2.24, 2.45) is 0 Å². The summed E-state index contributed by atoms with van der Waals surface area (Å²) in [6.45, 7) is 3.88. The first kappa shape index (κ1) is 11.8. The van der Waals surface area contributed by atoms with E-state index in [1.807, 2.05) is 0 Å². The van der Waals surface area contributed by atoms with Crippen LogP contribution in [0.5, 0.6) is 6.01 Å². The number of ether oxygens (including phenoxy) is 1. The van der Waals surface area contributed by atoms with Crippen molar-refractivity contribution >= 4 is 11.9 Å². The van der Waals surface area contributed by atoms with Crippen LogP contribution >= 0.6 is 0 Å². The molecule has 0 amide bonds. The van der Waals surface area contributed by atoms with Crippen LogP contribution in [0.15, 0.2) is 0 Å². The highest BCUT2D eigenvalue weighted by molar-refractivity contribution is 5.38. The minimum Gasteiger partial charge on any atom is -0.467 e. The lowest BCUT2D eigenvalue weighted by atomic mass is 10.3. The molecule has 1 aromatic rings. The zero-order valence-corrected chi connectivity index (χ0v) is 10.5. The van der Waals surface area contributed by atoms with Crippen LogP contribution in [-0.2, 0) is 0 Å². The SMILES string of the molecule is CNc1nc(OC)nc(N2CCN(C)CC2)n1. The number of aromatic nitrogens is 3. The molecule has 0 radical (unpaired) electrons. The topological polar surface area (TPSA) is 66.4 Å². The molecule has 0 unspecified atom stereocenters. The van der Waals surface area contributed by atoms with Crippen LogP contribution in [0.3, 0.4) is 0 Å². The van der Waals surface area contributed by atoms with E-state index < -0.39 is 0 Å². The third kappa shape index (κ3) is 2.73. The Balaban J connectivity index is 2.19. The number of methoxy groups -OCH3 is 1. The molecular weight excluding hydrogens is 220 g/mol. The molecule has 0 aliphatic carbocycles. The maximum absolute atomic E-state index is 5.07. The number of hydrogen-bond acceptors (Lipinski definition) is 7. The molecule has 7 nitrogen and oxygen atoms in total. The maximum Gasteiger partial charge on any atom is 0.322 e. The van der Waals surface area contributed by atoms with Gasteiger partial charge in [-0.3, -0.25) is 0 Å². The van der Waals surface area contributed by atoms with Crippen LogP contribution in [0.2, 0.25) is 0 Å². The second kappa shape index (κ2) is 5.13. The summed E-state index contributed by atoms with van der Waals surface area (Å²) < 4.78 is 5.07. The minimum atomic E-state index is 0.346. The second-order valence-electron chi connectivity index (χ2n) is 3.99. The number of nitrogens with one attached hydrogen (secondary N) is 1. The average Bonchev–Trinajstić information content (AvgIpc) is 2.39. The molecule has 0 atom stereocenters. The van der Waals surface area contributed by atoms with E-state index >= 15 is 0 Å². The largest absolute Gasteiger partial charge is 0.467 e. The molecule has 0 bridgehead atoms. The molecule has 1 fully saturated rings. The van der Waals surface area contributed by atoms with Gasteiger partial charge in [-0.2, -0.15) is 15.0 Å². The van der Waals surface area contributed by atoms with Gasteiger partial charge >= 0.3 is 6.01 Å². The Labute approximate surface area is 101 Å². The van der Waals surface area contributed by atoms with Gasteiger partial charge in [0.05, 0.1) is 7.11 Å². The monoisotopic (exact) mass is 238 g/mol. The van der Waals surface area contributed by atoms with Gasteiger partial charge in [0.25, 0.3) is 0 Å². The zero-order chi connectivity index (χ0) is 12.3. The van der Waals surface area contributed by atoms with Crippen LogP contribution in [0, 0.1) is 0 Å². The number of nitrogens with zero attached hydrogens (tertiary/aromatic N) is 5. The Bertz CT molecular complexity index is 355. The minimum absolute atomic E-state index is 0.346. The van der Waals surface area contributed by atoms with E-state index in [0.29, 0.717) is 17.9 Å². The number of anilines is 2. The number of piperazine rings is 1. The van der Waals surface area contributed by atoms with Gasteiger partial charge in [0.2, 0.25) is 11.9 Å². The van der Waals surface area contributed by atoms with Gasteiger partial charge in [-0.25, -0.2) is 0 Å². The Morgan fingerprint density at radius 2 is 1.82 bits per heavy atom. The lowest BCUT2D eigenvalue weighted by Crippen LogP contribution is -2.45. The molecule has 2 rings (SSSR count). The van der Waals surface area contributed by atoms with Crippen LogP contribution in [0.4, 0.5) is 11.9 Å². The lowest BCUT2D eigenvalue weighted by molar-refractivity contribution is 0.310. The van der Waals surface area contributed by atoms with Crippen molar-refractivity contribution in [3.05, 3.63) is 0 Å². The van der Waals surface area contributed by atoms with E-state index in [1.165, 1.54) is 0 Å². The molecule has 1 N–H and O–H groups in total. The van der Waals surface area contributed by atoms with E-state index in [2.05, 4.69) is 37.1 Å². The smallest absolute Gasteiger partial charge is 0.322 e. The van der Waals surface area contributed by atoms with Gasteiger partial charge in [-0.15, -0.1) is 0 Å². The second-order valence-corrected chi connectivity index (χ2v) is 3.99. The van der Waals surface area contributed by atoms with E-state index in [0.717, 1.165) is 26.2 Å². The molecule has 1 aliphatic rings. The van der Waals surface area contributed by atoms with Crippen LogP contribution in [-0.4, -0.2) is 67.2 Å². The number of likely N-dealkylation sites (N-methyl/N-ethyl adjacent to an activating group) is 1. The van der Waals surface area contributed by atoms with Crippen LogP contribution in [0.25, 0.3) is 0 Å². The summed E-state index contributed by atoms with van der Waals surface area (Å²) in [4.78, 5) is 17.1. The quantitative estimate of drug-likeness (QED) is 0.773. The molecule has 1 saturated heterocycles. The first-order valence-electron chi connectivity index (χ1n) is 5.64. The molecule has 0 aromatic carbocycles. The fourth-order valence-electron chi connectivity index (χ4n) is 1.70. The zero-order valence-electron chi connectivity index (χ0n) is 10.5. The standard InChI is InChI=1S/C10H18N6O/c1-11-8-12-9(14-10(13-8)17-3)16-6-4-15(2)5-7-16/h4-7H2,1-3H3,(H,11,12,13,14). The summed E-state index contributed by atoms with van der Waals surface area (Å²) in [5.41, 5.74) is 0. The van der Waals surface area contributed by atoms with Crippen molar-refractivity contribution in [2.75, 3.05) is 57.6 Å². The van der Waals surface area contributed by atoms with Crippen LogP contribution in [0.1, 0.15) is 0 Å². The first-order valence-corrected chi connectivity index (χ1v) is 5.64. The summed E-state index contributed by atoms with van der Waals surface area (Å²) in [6, 6.07) is 0.346. The molecule has 0 spiro atoms.